The molecule has 1 atom stereocenters. The molecule has 0 radical (unpaired) electrons. The lowest BCUT2D eigenvalue weighted by Gasteiger charge is -2.35. The topological polar surface area (TPSA) is 68.5 Å². The van der Waals surface area contributed by atoms with Crippen LogP contribution in [0.3, 0.4) is 0 Å². The largest absolute Gasteiger partial charge is 0.496 e. The second-order valence-corrected chi connectivity index (χ2v) is 9.79. The van der Waals surface area contributed by atoms with Crippen molar-refractivity contribution in [2.24, 2.45) is 0 Å². The maximum atomic E-state index is 13.7. The minimum atomic E-state index is -0.308. The van der Waals surface area contributed by atoms with Crippen LogP contribution >= 0.6 is 11.3 Å². The minimum Gasteiger partial charge on any atom is -0.496 e. The highest BCUT2D eigenvalue weighted by atomic mass is 32.1. The first-order valence-electron chi connectivity index (χ1n) is 11.7. The molecule has 1 fully saturated rings. The van der Waals surface area contributed by atoms with E-state index in [1.54, 1.807) is 25.4 Å². The van der Waals surface area contributed by atoms with Crippen molar-refractivity contribution in [3.05, 3.63) is 77.1 Å². The van der Waals surface area contributed by atoms with Crippen LogP contribution in [0.4, 0.5) is 4.39 Å². The van der Waals surface area contributed by atoms with E-state index < -0.39 is 0 Å². The Morgan fingerprint density at radius 1 is 1.20 bits per heavy atom. The molecule has 1 aliphatic rings. The molecule has 1 aliphatic heterocycles. The van der Waals surface area contributed by atoms with Gasteiger partial charge in [0.05, 0.1) is 28.8 Å². The molecule has 0 bridgehead atoms. The summed E-state index contributed by atoms with van der Waals surface area (Å²) in [5.41, 5.74) is 2.06. The molecule has 1 unspecified atom stereocenters. The fourth-order valence-corrected chi connectivity index (χ4v) is 5.48. The van der Waals surface area contributed by atoms with Gasteiger partial charge in [-0.2, -0.15) is 0 Å². The first-order chi connectivity index (χ1) is 17.0. The van der Waals surface area contributed by atoms with Crippen LogP contribution < -0.4 is 4.74 Å². The molecule has 2 aromatic carbocycles. The number of piperidine rings is 1. The van der Waals surface area contributed by atoms with Crippen LogP contribution in [0.1, 0.15) is 40.6 Å². The number of likely N-dealkylation sites (tertiary alicyclic amines) is 1. The van der Waals surface area contributed by atoms with Gasteiger partial charge in [0.1, 0.15) is 17.3 Å². The number of benzene rings is 2. The van der Waals surface area contributed by atoms with Crippen molar-refractivity contribution in [2.45, 2.75) is 38.6 Å². The molecule has 0 N–H and O–H groups in total. The Morgan fingerprint density at radius 2 is 2.00 bits per heavy atom. The maximum absolute atomic E-state index is 13.7. The number of rotatable bonds is 6. The lowest BCUT2D eigenvalue weighted by Crippen LogP contribution is -2.45. The van der Waals surface area contributed by atoms with E-state index in [0.29, 0.717) is 30.3 Å². The highest BCUT2D eigenvalue weighted by Gasteiger charge is 2.32. The van der Waals surface area contributed by atoms with Gasteiger partial charge >= 0.3 is 0 Å². The zero-order valence-corrected chi connectivity index (χ0v) is 20.5. The third-order valence-electron chi connectivity index (χ3n) is 6.27. The van der Waals surface area contributed by atoms with Crippen LogP contribution in [0.25, 0.3) is 21.8 Å². The number of para-hydroxylation sites is 1. The number of carbonyl (C=O) groups is 1. The third kappa shape index (κ3) is 4.84. The second-order valence-electron chi connectivity index (χ2n) is 8.59. The smallest absolute Gasteiger partial charge is 0.274 e. The van der Waals surface area contributed by atoms with Gasteiger partial charge in [0.25, 0.3) is 5.91 Å². The molecule has 35 heavy (non-hydrogen) atoms. The number of carbonyl (C=O) groups excluding carboxylic acids is 1. The Bertz CT molecular complexity index is 1330. The number of hydrogen-bond donors (Lipinski definition) is 0. The van der Waals surface area contributed by atoms with Crippen LogP contribution in [0.15, 0.2) is 59.1 Å². The molecule has 0 spiro atoms. The van der Waals surface area contributed by atoms with Gasteiger partial charge < -0.3 is 14.1 Å². The molecule has 4 aromatic rings. The van der Waals surface area contributed by atoms with Crippen molar-refractivity contribution in [2.75, 3.05) is 13.7 Å². The molecular weight excluding hydrogens is 465 g/mol. The van der Waals surface area contributed by atoms with E-state index in [0.717, 1.165) is 46.0 Å². The average molecular weight is 492 g/mol. The first kappa shape index (κ1) is 23.2. The van der Waals surface area contributed by atoms with Crippen LogP contribution in [0.5, 0.6) is 5.75 Å². The number of amides is 1. The van der Waals surface area contributed by atoms with Gasteiger partial charge in [-0.1, -0.05) is 24.3 Å². The number of thiazole rings is 1. The third-order valence-corrected chi connectivity index (χ3v) is 7.29. The van der Waals surface area contributed by atoms with Crippen LogP contribution in [0.2, 0.25) is 0 Å². The summed E-state index contributed by atoms with van der Waals surface area (Å²) in [6, 6.07) is 13.8. The summed E-state index contributed by atoms with van der Waals surface area (Å²) in [7, 11) is 1.63. The molecule has 180 valence electrons. The number of aryl methyl sites for hydroxylation is 1. The number of hydrogen-bond acceptors (Lipinski definition) is 6. The fraction of sp³-hybridized carbons (Fsp3) is 0.296. The standard InChI is InChI=1S/C27H26FN3O3S/c1-17-30-25(26(35-17)18-10-12-19(28)13-11-18)27(32)31-14-6-5-7-20(31)15-24-29-16-23(34-24)21-8-3-4-9-22(21)33-2/h3-4,8-13,16,20H,5-7,14-15H2,1-2H3. The number of nitrogens with zero attached hydrogens (tertiary/aromatic N) is 3. The normalized spacial score (nSPS) is 15.9. The first-order valence-corrected chi connectivity index (χ1v) is 12.5. The number of aromatic nitrogens is 2. The van der Waals surface area contributed by atoms with E-state index in [9.17, 15) is 9.18 Å². The van der Waals surface area contributed by atoms with Gasteiger partial charge in [0, 0.05) is 19.0 Å². The van der Waals surface area contributed by atoms with Gasteiger partial charge in [-0.05, 0) is 56.0 Å². The van der Waals surface area contributed by atoms with Gasteiger partial charge in [-0.25, -0.2) is 14.4 Å². The Labute approximate surface area is 207 Å². The zero-order valence-electron chi connectivity index (χ0n) is 19.7. The van der Waals surface area contributed by atoms with Gasteiger partial charge in [0.15, 0.2) is 11.7 Å². The molecule has 1 saturated heterocycles. The van der Waals surface area contributed by atoms with Crippen molar-refractivity contribution in [1.29, 1.82) is 0 Å². The molecule has 0 aliphatic carbocycles. The number of oxazole rings is 1. The van der Waals surface area contributed by atoms with Gasteiger partial charge in [-0.15, -0.1) is 11.3 Å². The van der Waals surface area contributed by atoms with Gasteiger partial charge in [-0.3, -0.25) is 4.79 Å². The molecule has 3 heterocycles. The highest BCUT2D eigenvalue weighted by molar-refractivity contribution is 7.15. The summed E-state index contributed by atoms with van der Waals surface area (Å²) >= 11 is 1.45. The molecule has 5 rings (SSSR count). The van der Waals surface area contributed by atoms with Crippen molar-refractivity contribution >= 4 is 17.2 Å². The van der Waals surface area contributed by atoms with E-state index in [-0.39, 0.29) is 17.8 Å². The molecular formula is C27H26FN3O3S. The predicted molar refractivity (Wildman–Crippen MR) is 133 cm³/mol. The molecule has 0 saturated carbocycles. The number of methoxy groups -OCH3 is 1. The van der Waals surface area contributed by atoms with E-state index in [1.807, 2.05) is 36.1 Å². The van der Waals surface area contributed by atoms with Crippen molar-refractivity contribution in [1.82, 2.24) is 14.9 Å². The molecule has 2 aromatic heterocycles. The SMILES string of the molecule is COc1ccccc1-c1cnc(CC2CCCCN2C(=O)c2nc(C)sc2-c2ccc(F)cc2)o1. The van der Waals surface area contributed by atoms with E-state index >= 15 is 0 Å². The summed E-state index contributed by atoms with van der Waals surface area (Å²) in [4.78, 5) is 25.5. The average Bonchev–Trinajstić information content (AvgIpc) is 3.51. The van der Waals surface area contributed by atoms with E-state index in [2.05, 4.69) is 9.97 Å². The van der Waals surface area contributed by atoms with Crippen LogP contribution in [-0.4, -0.2) is 40.5 Å². The monoisotopic (exact) mass is 491 g/mol. The number of halogens is 1. The summed E-state index contributed by atoms with van der Waals surface area (Å²) in [5, 5.41) is 0.801. The van der Waals surface area contributed by atoms with E-state index in [4.69, 9.17) is 9.15 Å². The molecule has 6 nitrogen and oxygen atoms in total. The Balaban J connectivity index is 1.39. The summed E-state index contributed by atoms with van der Waals surface area (Å²) in [5.74, 6) is 1.54. The molecule has 8 heteroatoms. The van der Waals surface area contributed by atoms with Crippen LogP contribution in [-0.2, 0) is 6.42 Å². The van der Waals surface area contributed by atoms with Crippen molar-refractivity contribution in [3.8, 4) is 27.5 Å². The van der Waals surface area contributed by atoms with Gasteiger partial charge in [0.2, 0.25) is 0 Å². The lowest BCUT2D eigenvalue weighted by atomic mass is 9.98. The van der Waals surface area contributed by atoms with Crippen molar-refractivity contribution < 1.29 is 18.3 Å². The highest BCUT2D eigenvalue weighted by Crippen LogP contribution is 2.34. The Morgan fingerprint density at radius 3 is 2.80 bits per heavy atom. The zero-order chi connectivity index (χ0) is 24.4. The summed E-state index contributed by atoms with van der Waals surface area (Å²) < 4.78 is 25.0. The molecule has 1 amide bonds. The summed E-state index contributed by atoms with van der Waals surface area (Å²) in [6.07, 6.45) is 5.08. The number of ether oxygens (including phenoxy) is 1. The maximum Gasteiger partial charge on any atom is 0.274 e. The van der Waals surface area contributed by atoms with Crippen molar-refractivity contribution in [3.63, 3.8) is 0 Å². The van der Waals surface area contributed by atoms with Crippen LogP contribution in [0, 0.1) is 12.7 Å². The fourth-order valence-electron chi connectivity index (χ4n) is 4.56. The quantitative estimate of drug-likeness (QED) is 0.323. The Kier molecular flexibility index (Phi) is 6.63. The lowest BCUT2D eigenvalue weighted by molar-refractivity contribution is 0.0601. The van der Waals surface area contributed by atoms with E-state index in [1.165, 1.54) is 23.5 Å². The second kappa shape index (κ2) is 10.00. The minimum absolute atomic E-state index is 0.0384. The Hall–Kier alpha value is -3.52. The summed E-state index contributed by atoms with van der Waals surface area (Å²) in [6.45, 7) is 2.54. The predicted octanol–water partition coefficient (Wildman–Crippen LogP) is 6.16.